The molecule has 6 nitrogen and oxygen atoms in total. The van der Waals surface area contributed by atoms with Gasteiger partial charge in [0.1, 0.15) is 5.82 Å². The summed E-state index contributed by atoms with van der Waals surface area (Å²) >= 11 is 0. The Hall–Kier alpha value is -1.69. The van der Waals surface area contributed by atoms with E-state index in [2.05, 4.69) is 22.2 Å². The Balaban J connectivity index is 1.41. The zero-order valence-electron chi connectivity index (χ0n) is 14.8. The number of amides is 2. The summed E-state index contributed by atoms with van der Waals surface area (Å²) in [6.45, 7) is 4.28. The summed E-state index contributed by atoms with van der Waals surface area (Å²) in [6.07, 6.45) is 9.84. The zero-order valence-corrected chi connectivity index (χ0v) is 14.8. The van der Waals surface area contributed by atoms with Crippen molar-refractivity contribution in [2.45, 2.75) is 57.0 Å². The highest BCUT2D eigenvalue weighted by Gasteiger charge is 2.29. The summed E-state index contributed by atoms with van der Waals surface area (Å²) in [5.41, 5.74) is 0.970. The average molecular weight is 332 g/mol. The van der Waals surface area contributed by atoms with Crippen LogP contribution in [0.25, 0.3) is 0 Å². The number of hydrogen-bond acceptors (Lipinski definition) is 4. The predicted octanol–water partition coefficient (Wildman–Crippen LogP) is 2.50. The number of ether oxygens (including phenoxy) is 1. The number of rotatable bonds is 5. The van der Waals surface area contributed by atoms with Crippen LogP contribution >= 0.6 is 0 Å². The molecule has 6 heteroatoms. The third kappa shape index (κ3) is 4.44. The highest BCUT2D eigenvalue weighted by Crippen LogP contribution is 2.37. The number of methoxy groups -OCH3 is 1. The lowest BCUT2D eigenvalue weighted by molar-refractivity contribution is -0.00499. The molecule has 0 radical (unpaired) electrons. The molecule has 24 heavy (non-hydrogen) atoms. The van der Waals surface area contributed by atoms with Crippen LogP contribution in [0.2, 0.25) is 0 Å². The number of aromatic nitrogens is 2. The second-order valence-corrected chi connectivity index (χ2v) is 7.20. The van der Waals surface area contributed by atoms with Crippen LogP contribution < -0.4 is 5.32 Å². The van der Waals surface area contributed by atoms with Gasteiger partial charge < -0.3 is 15.0 Å². The van der Waals surface area contributed by atoms with E-state index in [4.69, 9.17) is 4.74 Å². The number of likely N-dealkylation sites (tertiary alicyclic amines) is 1. The van der Waals surface area contributed by atoms with Crippen LogP contribution in [0.15, 0.2) is 12.4 Å². The van der Waals surface area contributed by atoms with Crippen LogP contribution in [0.4, 0.5) is 4.79 Å². The first-order chi connectivity index (χ1) is 11.6. The fourth-order valence-corrected chi connectivity index (χ4v) is 3.13. The predicted molar refractivity (Wildman–Crippen MR) is 91.9 cm³/mol. The Labute approximate surface area is 144 Å². The monoisotopic (exact) mass is 332 g/mol. The van der Waals surface area contributed by atoms with Crippen LogP contribution in [0.3, 0.4) is 0 Å². The molecule has 1 aliphatic heterocycles. The fourth-order valence-electron chi connectivity index (χ4n) is 3.13. The van der Waals surface area contributed by atoms with Gasteiger partial charge in [-0.3, -0.25) is 0 Å². The van der Waals surface area contributed by atoms with Crippen molar-refractivity contribution in [2.24, 2.45) is 0 Å². The first-order valence-electron chi connectivity index (χ1n) is 8.98. The smallest absolute Gasteiger partial charge is 0.317 e. The Kier molecular flexibility index (Phi) is 5.33. The van der Waals surface area contributed by atoms with Crippen molar-refractivity contribution in [2.75, 3.05) is 26.7 Å². The van der Waals surface area contributed by atoms with Gasteiger partial charge in [0, 0.05) is 45.1 Å². The molecule has 1 unspecified atom stereocenters. The highest BCUT2D eigenvalue weighted by atomic mass is 16.5. The molecule has 1 aromatic heterocycles. The number of hydrogen-bond donors (Lipinski definition) is 1. The minimum Gasteiger partial charge on any atom is -0.378 e. The van der Waals surface area contributed by atoms with E-state index in [-0.39, 0.29) is 11.6 Å². The van der Waals surface area contributed by atoms with Gasteiger partial charge in [-0.15, -0.1) is 0 Å². The number of nitrogens with zero attached hydrogens (tertiary/aromatic N) is 3. The standard InChI is InChI=1S/C18H28N4O2/c1-18(24-2)7-3-10-22(11-8-18)17(23)19-9-6-14-12-20-16(21-13-14)15-4-5-15/h12-13,15H,3-11H2,1-2H3,(H,19,23). The van der Waals surface area contributed by atoms with E-state index in [1.54, 1.807) is 7.11 Å². The Bertz CT molecular complexity index is 559. The number of carbonyl (C=O) groups excluding carboxylic acids is 1. The Morgan fingerprint density at radius 1 is 1.33 bits per heavy atom. The van der Waals surface area contributed by atoms with Gasteiger partial charge in [-0.05, 0) is 51.0 Å². The van der Waals surface area contributed by atoms with Crippen molar-refractivity contribution in [1.29, 1.82) is 0 Å². The van der Waals surface area contributed by atoms with Crippen LogP contribution in [0.5, 0.6) is 0 Å². The molecule has 1 atom stereocenters. The summed E-state index contributed by atoms with van der Waals surface area (Å²) < 4.78 is 5.58. The molecule has 2 heterocycles. The van der Waals surface area contributed by atoms with E-state index in [1.165, 1.54) is 12.8 Å². The van der Waals surface area contributed by atoms with E-state index in [0.717, 1.165) is 50.2 Å². The molecule has 1 aliphatic carbocycles. The molecular formula is C18H28N4O2. The summed E-state index contributed by atoms with van der Waals surface area (Å²) in [5, 5.41) is 3.01. The largest absolute Gasteiger partial charge is 0.378 e. The molecule has 1 saturated carbocycles. The maximum atomic E-state index is 12.3. The summed E-state index contributed by atoms with van der Waals surface area (Å²) in [6, 6.07) is 0.0193. The first-order valence-corrected chi connectivity index (χ1v) is 8.98. The number of nitrogens with one attached hydrogen (secondary N) is 1. The number of carbonyl (C=O) groups is 1. The van der Waals surface area contributed by atoms with Crippen molar-refractivity contribution in [3.05, 3.63) is 23.8 Å². The van der Waals surface area contributed by atoms with Crippen LogP contribution in [0.1, 0.15) is 56.3 Å². The zero-order chi connectivity index (χ0) is 17.0. The van der Waals surface area contributed by atoms with Crippen molar-refractivity contribution in [3.8, 4) is 0 Å². The maximum Gasteiger partial charge on any atom is 0.317 e. The van der Waals surface area contributed by atoms with Crippen molar-refractivity contribution in [1.82, 2.24) is 20.2 Å². The first kappa shape index (κ1) is 17.1. The second kappa shape index (κ2) is 7.47. The van der Waals surface area contributed by atoms with Gasteiger partial charge in [0.15, 0.2) is 0 Å². The van der Waals surface area contributed by atoms with E-state index >= 15 is 0 Å². The highest BCUT2D eigenvalue weighted by molar-refractivity contribution is 5.74. The minimum atomic E-state index is -0.102. The molecular weight excluding hydrogens is 304 g/mol. The average Bonchev–Trinajstić information content (AvgIpc) is 3.43. The Morgan fingerprint density at radius 3 is 2.75 bits per heavy atom. The van der Waals surface area contributed by atoms with Gasteiger partial charge in [-0.25, -0.2) is 14.8 Å². The van der Waals surface area contributed by atoms with E-state index < -0.39 is 0 Å². The molecule has 1 aromatic rings. The van der Waals surface area contributed by atoms with Crippen molar-refractivity contribution in [3.63, 3.8) is 0 Å². The van der Waals surface area contributed by atoms with Gasteiger partial charge in [0.25, 0.3) is 0 Å². The molecule has 2 aliphatic rings. The normalized spacial score (nSPS) is 24.5. The van der Waals surface area contributed by atoms with Crippen molar-refractivity contribution < 1.29 is 9.53 Å². The van der Waals surface area contributed by atoms with E-state index in [9.17, 15) is 4.79 Å². The summed E-state index contributed by atoms with van der Waals surface area (Å²) in [4.78, 5) is 23.1. The third-order valence-electron chi connectivity index (χ3n) is 5.18. The molecule has 1 N–H and O–H groups in total. The van der Waals surface area contributed by atoms with Gasteiger partial charge in [-0.1, -0.05) is 0 Å². The lowest BCUT2D eigenvalue weighted by Crippen LogP contribution is -2.41. The summed E-state index contributed by atoms with van der Waals surface area (Å²) in [7, 11) is 1.76. The van der Waals surface area contributed by atoms with Crippen molar-refractivity contribution >= 4 is 6.03 Å². The van der Waals surface area contributed by atoms with E-state index in [1.807, 2.05) is 17.3 Å². The SMILES string of the molecule is COC1(C)CCCN(C(=O)NCCc2cnc(C3CC3)nc2)CC1. The molecule has 0 aromatic carbocycles. The van der Waals surface area contributed by atoms with Crippen LogP contribution in [-0.4, -0.2) is 53.2 Å². The molecule has 3 rings (SSSR count). The lowest BCUT2D eigenvalue weighted by Gasteiger charge is -2.26. The second-order valence-electron chi connectivity index (χ2n) is 7.20. The Morgan fingerprint density at radius 2 is 2.08 bits per heavy atom. The maximum absolute atomic E-state index is 12.3. The van der Waals surface area contributed by atoms with Gasteiger partial charge in [-0.2, -0.15) is 0 Å². The molecule has 0 spiro atoms. The third-order valence-corrected chi connectivity index (χ3v) is 5.18. The van der Waals surface area contributed by atoms with Gasteiger partial charge in [0.05, 0.1) is 5.60 Å². The minimum absolute atomic E-state index is 0.0193. The lowest BCUT2D eigenvalue weighted by atomic mass is 9.97. The van der Waals surface area contributed by atoms with Crippen LogP contribution in [-0.2, 0) is 11.2 Å². The topological polar surface area (TPSA) is 67.3 Å². The quantitative estimate of drug-likeness (QED) is 0.899. The van der Waals surface area contributed by atoms with Gasteiger partial charge >= 0.3 is 6.03 Å². The number of urea groups is 1. The summed E-state index contributed by atoms with van der Waals surface area (Å²) in [5.74, 6) is 1.55. The van der Waals surface area contributed by atoms with Gasteiger partial charge in [0.2, 0.25) is 0 Å². The molecule has 0 bridgehead atoms. The van der Waals surface area contributed by atoms with E-state index in [0.29, 0.717) is 12.5 Å². The molecule has 2 amide bonds. The molecule has 2 fully saturated rings. The fraction of sp³-hybridized carbons (Fsp3) is 0.722. The molecule has 1 saturated heterocycles. The molecule has 132 valence electrons. The van der Waals surface area contributed by atoms with Crippen LogP contribution in [0, 0.1) is 0 Å².